The average molecular weight is 700 g/mol. The van der Waals surface area contributed by atoms with E-state index >= 15 is 0 Å². The molecule has 0 atom stereocenters. The SMILES string of the molecule is [C-]#[N+]c1ccc2c(c1)c1ccccc1n2-c1ccc(-c2cccc(C#N)c2-n2c3ccccc3c3cc(-n4c5ccccc5c5ccccc54)ccc32)cc1. The first-order chi connectivity index (χ1) is 27.2. The predicted octanol–water partition coefficient (Wildman–Crippen LogP) is 13.1. The normalized spacial score (nSPS) is 11.6. The van der Waals surface area contributed by atoms with Crippen molar-refractivity contribution in [3.63, 3.8) is 0 Å². The molecule has 5 heteroatoms. The van der Waals surface area contributed by atoms with Gasteiger partial charge in [0.1, 0.15) is 6.07 Å². The molecule has 11 rings (SSSR count). The summed E-state index contributed by atoms with van der Waals surface area (Å²) in [5, 5.41) is 17.5. The molecular weight excluding hydrogens is 671 g/mol. The Morgan fingerprint density at radius 3 is 1.49 bits per heavy atom. The number of rotatable bonds is 4. The van der Waals surface area contributed by atoms with Gasteiger partial charge in [-0.25, -0.2) is 4.85 Å². The fourth-order valence-electron chi connectivity index (χ4n) is 8.75. The maximum Gasteiger partial charge on any atom is 0.188 e. The van der Waals surface area contributed by atoms with Crippen molar-refractivity contribution < 1.29 is 0 Å². The predicted molar refractivity (Wildman–Crippen MR) is 226 cm³/mol. The fourth-order valence-corrected chi connectivity index (χ4v) is 8.75. The quantitative estimate of drug-likeness (QED) is 0.169. The van der Waals surface area contributed by atoms with E-state index in [1.807, 2.05) is 36.4 Å². The number of hydrogen-bond donors (Lipinski definition) is 0. The van der Waals surface area contributed by atoms with Crippen molar-refractivity contribution in [2.24, 2.45) is 0 Å². The number of fused-ring (bicyclic) bond motifs is 9. The minimum absolute atomic E-state index is 0.605. The number of benzene rings is 8. The molecule has 0 N–H and O–H groups in total. The highest BCUT2D eigenvalue weighted by atomic mass is 15.0. The van der Waals surface area contributed by atoms with Crippen LogP contribution in [0.5, 0.6) is 0 Å². The third kappa shape index (κ3) is 4.45. The van der Waals surface area contributed by atoms with Crippen LogP contribution in [0.1, 0.15) is 5.56 Å². The molecule has 5 nitrogen and oxygen atoms in total. The zero-order chi connectivity index (χ0) is 36.6. The van der Waals surface area contributed by atoms with Crippen molar-refractivity contribution in [3.05, 3.63) is 193 Å². The molecule has 11 aromatic rings. The van der Waals surface area contributed by atoms with E-state index in [9.17, 15) is 5.26 Å². The Morgan fingerprint density at radius 2 is 0.891 bits per heavy atom. The van der Waals surface area contributed by atoms with Gasteiger partial charge in [0.05, 0.1) is 50.9 Å². The average Bonchev–Trinajstić information content (AvgIpc) is 3.88. The summed E-state index contributed by atoms with van der Waals surface area (Å²) in [6.45, 7) is 7.58. The summed E-state index contributed by atoms with van der Waals surface area (Å²) < 4.78 is 6.88. The first kappa shape index (κ1) is 30.7. The molecule has 0 aliphatic heterocycles. The first-order valence-corrected chi connectivity index (χ1v) is 18.3. The van der Waals surface area contributed by atoms with Crippen molar-refractivity contribution in [1.82, 2.24) is 13.7 Å². The number of nitriles is 1. The Kier molecular flexibility index (Phi) is 6.61. The van der Waals surface area contributed by atoms with Gasteiger partial charge in [-0.05, 0) is 83.7 Å². The van der Waals surface area contributed by atoms with Crippen molar-refractivity contribution in [3.8, 4) is 34.3 Å². The van der Waals surface area contributed by atoms with E-state index in [4.69, 9.17) is 6.57 Å². The van der Waals surface area contributed by atoms with Gasteiger partial charge in [-0.1, -0.05) is 103 Å². The summed E-state index contributed by atoms with van der Waals surface area (Å²) in [5.41, 5.74) is 12.8. The lowest BCUT2D eigenvalue weighted by Crippen LogP contribution is -2.01. The van der Waals surface area contributed by atoms with Crippen molar-refractivity contribution in [2.75, 3.05) is 0 Å². The van der Waals surface area contributed by atoms with Crippen LogP contribution in [-0.2, 0) is 0 Å². The zero-order valence-corrected chi connectivity index (χ0v) is 29.5. The van der Waals surface area contributed by atoms with E-state index < -0.39 is 0 Å². The highest BCUT2D eigenvalue weighted by Crippen LogP contribution is 2.41. The molecule has 0 aliphatic rings. The van der Waals surface area contributed by atoms with Gasteiger partial charge in [0.25, 0.3) is 0 Å². The van der Waals surface area contributed by atoms with Crippen LogP contribution in [0.4, 0.5) is 5.69 Å². The minimum atomic E-state index is 0.605. The second kappa shape index (κ2) is 11.8. The highest BCUT2D eigenvalue weighted by Gasteiger charge is 2.21. The Bertz CT molecular complexity index is 3400. The molecule has 0 unspecified atom stereocenters. The van der Waals surface area contributed by atoms with Crippen LogP contribution in [-0.4, -0.2) is 13.7 Å². The molecule has 0 saturated heterocycles. The third-order valence-corrected chi connectivity index (χ3v) is 11.1. The van der Waals surface area contributed by atoms with E-state index in [0.29, 0.717) is 11.3 Å². The third-order valence-electron chi connectivity index (χ3n) is 11.1. The van der Waals surface area contributed by atoms with Crippen LogP contribution in [0.3, 0.4) is 0 Å². The summed E-state index contributed by atoms with van der Waals surface area (Å²) in [7, 11) is 0. The maximum absolute atomic E-state index is 10.6. The Hall–Kier alpha value is -7.86. The van der Waals surface area contributed by atoms with Crippen LogP contribution in [0, 0.1) is 17.9 Å². The van der Waals surface area contributed by atoms with Gasteiger partial charge in [0, 0.05) is 43.9 Å². The number of hydrogen-bond acceptors (Lipinski definition) is 1. The van der Waals surface area contributed by atoms with Gasteiger partial charge in [0.15, 0.2) is 5.69 Å². The molecule has 55 heavy (non-hydrogen) atoms. The summed E-state index contributed by atoms with van der Waals surface area (Å²) in [4.78, 5) is 3.69. The topological polar surface area (TPSA) is 42.9 Å². The molecule has 8 aromatic carbocycles. The van der Waals surface area contributed by atoms with Crippen LogP contribution in [0.15, 0.2) is 176 Å². The Morgan fingerprint density at radius 1 is 0.418 bits per heavy atom. The van der Waals surface area contributed by atoms with Gasteiger partial charge in [-0.2, -0.15) is 5.26 Å². The van der Waals surface area contributed by atoms with Crippen LogP contribution < -0.4 is 0 Å². The van der Waals surface area contributed by atoms with E-state index in [1.54, 1.807) is 0 Å². The van der Waals surface area contributed by atoms with Crippen molar-refractivity contribution >= 4 is 71.1 Å². The monoisotopic (exact) mass is 699 g/mol. The summed E-state index contributed by atoms with van der Waals surface area (Å²) >= 11 is 0. The number of aromatic nitrogens is 3. The molecular formula is C50H29N5. The van der Waals surface area contributed by atoms with Gasteiger partial charge in [0.2, 0.25) is 0 Å². The van der Waals surface area contributed by atoms with Gasteiger partial charge in [-0.3, -0.25) is 0 Å². The zero-order valence-electron chi connectivity index (χ0n) is 29.5. The van der Waals surface area contributed by atoms with E-state index in [1.165, 1.54) is 21.8 Å². The summed E-state index contributed by atoms with van der Waals surface area (Å²) in [5.74, 6) is 0. The largest absolute Gasteiger partial charge is 0.309 e. The van der Waals surface area contributed by atoms with Crippen molar-refractivity contribution in [1.29, 1.82) is 5.26 Å². The molecule has 0 aliphatic carbocycles. The van der Waals surface area contributed by atoms with Crippen LogP contribution in [0.2, 0.25) is 0 Å². The minimum Gasteiger partial charge on any atom is -0.309 e. The van der Waals surface area contributed by atoms with Crippen LogP contribution in [0.25, 0.3) is 98.5 Å². The second-order valence-electron chi connectivity index (χ2n) is 13.9. The van der Waals surface area contributed by atoms with Crippen LogP contribution >= 0.6 is 0 Å². The molecule has 3 heterocycles. The molecule has 0 fully saturated rings. The summed E-state index contributed by atoms with van der Waals surface area (Å²) in [6, 6.07) is 63.8. The molecule has 3 aromatic heterocycles. The molecule has 0 saturated carbocycles. The van der Waals surface area contributed by atoms with Gasteiger partial charge < -0.3 is 13.7 Å². The molecule has 0 spiro atoms. The van der Waals surface area contributed by atoms with E-state index in [2.05, 4.69) is 164 Å². The Labute approximate surface area is 316 Å². The highest BCUT2D eigenvalue weighted by molar-refractivity contribution is 6.13. The maximum atomic E-state index is 10.6. The first-order valence-electron chi connectivity index (χ1n) is 18.3. The lowest BCUT2D eigenvalue weighted by molar-refractivity contribution is 1.16. The lowest BCUT2D eigenvalue weighted by atomic mass is 9.99. The van der Waals surface area contributed by atoms with E-state index in [-0.39, 0.29) is 0 Å². The summed E-state index contributed by atoms with van der Waals surface area (Å²) in [6.07, 6.45) is 0. The fraction of sp³-hybridized carbons (Fsp3) is 0. The molecule has 254 valence electrons. The van der Waals surface area contributed by atoms with E-state index in [0.717, 1.165) is 71.8 Å². The van der Waals surface area contributed by atoms with Crippen molar-refractivity contribution in [2.45, 2.75) is 0 Å². The standard InChI is InChI=1S/C50H29N5/c1-52-34-23-27-48-42(29-34)40-14-4-8-19-46(40)53(48)35-24-21-32(22-25-35)37-16-10-11-33(31-51)50(37)55-47-20-9-5-15-41(47)43-30-36(26-28-49(43)55)54-44-17-6-2-12-38(44)39-13-3-7-18-45(39)54/h2-30H. The smallest absolute Gasteiger partial charge is 0.188 e. The number of para-hydroxylation sites is 5. The number of nitrogens with zero attached hydrogens (tertiary/aromatic N) is 5. The molecule has 0 amide bonds. The Balaban J connectivity index is 1.11. The molecule has 0 radical (unpaired) electrons. The van der Waals surface area contributed by atoms with Gasteiger partial charge >= 0.3 is 0 Å². The lowest BCUT2D eigenvalue weighted by Gasteiger charge is -2.17. The van der Waals surface area contributed by atoms with Gasteiger partial charge in [-0.15, -0.1) is 0 Å². The second-order valence-corrected chi connectivity index (χ2v) is 13.9. The molecule has 0 bridgehead atoms.